The van der Waals surface area contributed by atoms with Crippen LogP contribution in [0.3, 0.4) is 0 Å². The Bertz CT molecular complexity index is 378. The third kappa shape index (κ3) is 1.61. The molecule has 0 aliphatic carbocycles. The molecule has 1 saturated heterocycles. The summed E-state index contributed by atoms with van der Waals surface area (Å²) < 4.78 is 13.2. The Labute approximate surface area is 81.3 Å². The van der Waals surface area contributed by atoms with Gasteiger partial charge in [-0.2, -0.15) is 0 Å². The highest BCUT2D eigenvalue weighted by molar-refractivity contribution is 5.80. The van der Waals surface area contributed by atoms with E-state index in [1.807, 2.05) is 6.07 Å². The van der Waals surface area contributed by atoms with E-state index in [0.717, 1.165) is 5.56 Å². The lowest BCUT2D eigenvalue weighted by Crippen LogP contribution is -2.22. The van der Waals surface area contributed by atoms with E-state index < -0.39 is 0 Å². The van der Waals surface area contributed by atoms with Gasteiger partial charge < -0.3 is 5.32 Å². The standard InChI is InChI=1S/C10H11FN2O/c1-6-2-3-7(4-8(6)11)10-12-5-9(14)13-10/h2-4,10,12H,5H2,1H3,(H,13,14). The fourth-order valence-electron chi connectivity index (χ4n) is 1.45. The monoisotopic (exact) mass is 194 g/mol. The smallest absolute Gasteiger partial charge is 0.235 e. The van der Waals surface area contributed by atoms with Gasteiger partial charge in [0.25, 0.3) is 0 Å². The molecule has 1 amide bonds. The molecule has 0 radical (unpaired) electrons. The number of rotatable bonds is 1. The minimum atomic E-state index is -0.252. The van der Waals surface area contributed by atoms with Crippen molar-refractivity contribution in [2.24, 2.45) is 0 Å². The van der Waals surface area contributed by atoms with Crippen molar-refractivity contribution in [1.82, 2.24) is 10.6 Å². The van der Waals surface area contributed by atoms with Gasteiger partial charge in [0.1, 0.15) is 12.0 Å². The Hall–Kier alpha value is -1.42. The van der Waals surface area contributed by atoms with Crippen molar-refractivity contribution in [1.29, 1.82) is 0 Å². The lowest BCUT2D eigenvalue weighted by Gasteiger charge is -2.11. The van der Waals surface area contributed by atoms with Gasteiger partial charge in [0.05, 0.1) is 6.54 Å². The van der Waals surface area contributed by atoms with E-state index in [9.17, 15) is 9.18 Å². The maximum Gasteiger partial charge on any atom is 0.235 e. The summed E-state index contributed by atoms with van der Waals surface area (Å²) in [4.78, 5) is 10.9. The number of nitrogens with one attached hydrogen (secondary N) is 2. The average molecular weight is 194 g/mol. The molecule has 1 aromatic rings. The summed E-state index contributed by atoms with van der Waals surface area (Å²) >= 11 is 0. The first kappa shape index (κ1) is 9.15. The summed E-state index contributed by atoms with van der Waals surface area (Å²) in [6, 6.07) is 4.96. The summed E-state index contributed by atoms with van der Waals surface area (Å²) in [6.07, 6.45) is -0.252. The molecule has 3 nitrogen and oxygen atoms in total. The number of carbonyl (C=O) groups excluding carboxylic acids is 1. The van der Waals surface area contributed by atoms with Gasteiger partial charge in [-0.05, 0) is 24.1 Å². The van der Waals surface area contributed by atoms with Crippen LogP contribution in [0.15, 0.2) is 18.2 Å². The number of aryl methyl sites for hydroxylation is 1. The number of amides is 1. The van der Waals surface area contributed by atoms with Crippen LogP contribution in [0, 0.1) is 12.7 Å². The van der Waals surface area contributed by atoms with Crippen molar-refractivity contribution < 1.29 is 9.18 Å². The van der Waals surface area contributed by atoms with E-state index in [-0.39, 0.29) is 17.9 Å². The second-order valence-electron chi connectivity index (χ2n) is 3.39. The molecule has 0 spiro atoms. The normalized spacial score (nSPS) is 21.0. The molecule has 2 N–H and O–H groups in total. The molecule has 1 aliphatic rings. The van der Waals surface area contributed by atoms with E-state index in [4.69, 9.17) is 0 Å². The molecule has 1 aromatic carbocycles. The molecule has 1 fully saturated rings. The zero-order chi connectivity index (χ0) is 10.1. The molecule has 0 aromatic heterocycles. The van der Waals surface area contributed by atoms with Crippen molar-refractivity contribution in [2.75, 3.05) is 6.54 Å². The largest absolute Gasteiger partial charge is 0.336 e. The van der Waals surface area contributed by atoms with Gasteiger partial charge in [0, 0.05) is 0 Å². The highest BCUT2D eigenvalue weighted by atomic mass is 19.1. The minimum absolute atomic E-state index is 0.0593. The van der Waals surface area contributed by atoms with Crippen LogP contribution in [0.25, 0.3) is 0 Å². The first-order valence-corrected chi connectivity index (χ1v) is 4.45. The zero-order valence-electron chi connectivity index (χ0n) is 7.80. The van der Waals surface area contributed by atoms with Crippen LogP contribution in [-0.2, 0) is 4.79 Å². The lowest BCUT2D eigenvalue weighted by atomic mass is 10.1. The molecule has 1 heterocycles. The molecule has 1 unspecified atom stereocenters. The number of hydrogen-bond acceptors (Lipinski definition) is 2. The molecule has 0 bridgehead atoms. The van der Waals surface area contributed by atoms with E-state index in [0.29, 0.717) is 12.1 Å². The van der Waals surface area contributed by atoms with E-state index in [1.54, 1.807) is 13.0 Å². The Morgan fingerprint density at radius 2 is 2.29 bits per heavy atom. The molecular weight excluding hydrogens is 183 g/mol. The minimum Gasteiger partial charge on any atom is -0.336 e. The maximum absolute atomic E-state index is 13.2. The molecule has 14 heavy (non-hydrogen) atoms. The fourth-order valence-corrected chi connectivity index (χ4v) is 1.45. The van der Waals surface area contributed by atoms with Crippen LogP contribution in [0.2, 0.25) is 0 Å². The van der Waals surface area contributed by atoms with Crippen molar-refractivity contribution in [2.45, 2.75) is 13.1 Å². The predicted molar refractivity (Wildman–Crippen MR) is 50.0 cm³/mol. The molecule has 2 rings (SSSR count). The second kappa shape index (κ2) is 3.38. The van der Waals surface area contributed by atoms with Crippen LogP contribution in [0.4, 0.5) is 4.39 Å². The first-order valence-electron chi connectivity index (χ1n) is 4.45. The molecule has 74 valence electrons. The first-order chi connectivity index (χ1) is 6.66. The maximum atomic E-state index is 13.2. The summed E-state index contributed by atoms with van der Waals surface area (Å²) in [5.41, 5.74) is 1.36. The molecule has 1 atom stereocenters. The van der Waals surface area contributed by atoms with E-state index in [2.05, 4.69) is 10.6 Å². The van der Waals surface area contributed by atoms with Gasteiger partial charge in [-0.15, -0.1) is 0 Å². The average Bonchev–Trinajstić information content (AvgIpc) is 2.57. The zero-order valence-corrected chi connectivity index (χ0v) is 7.80. The van der Waals surface area contributed by atoms with Gasteiger partial charge in [0.2, 0.25) is 5.91 Å². The summed E-state index contributed by atoms with van der Waals surface area (Å²) in [7, 11) is 0. The number of halogens is 1. The summed E-state index contributed by atoms with van der Waals surface area (Å²) in [5.74, 6) is -0.304. The SMILES string of the molecule is Cc1ccc(C2NCC(=O)N2)cc1F. The Kier molecular flexibility index (Phi) is 2.21. The number of carbonyl (C=O) groups is 1. The molecule has 0 saturated carbocycles. The second-order valence-corrected chi connectivity index (χ2v) is 3.39. The van der Waals surface area contributed by atoms with Crippen LogP contribution >= 0.6 is 0 Å². The molecule has 1 aliphatic heterocycles. The van der Waals surface area contributed by atoms with Gasteiger partial charge in [-0.25, -0.2) is 4.39 Å². The van der Waals surface area contributed by atoms with Crippen LogP contribution in [0.1, 0.15) is 17.3 Å². The van der Waals surface area contributed by atoms with Crippen LogP contribution < -0.4 is 10.6 Å². The van der Waals surface area contributed by atoms with Gasteiger partial charge in [0.15, 0.2) is 0 Å². The van der Waals surface area contributed by atoms with Gasteiger partial charge >= 0.3 is 0 Å². The summed E-state index contributed by atoms with van der Waals surface area (Å²) in [5, 5.41) is 5.64. The Balaban J connectivity index is 2.24. The Morgan fingerprint density at radius 3 is 2.86 bits per heavy atom. The van der Waals surface area contributed by atoms with Gasteiger partial charge in [-0.1, -0.05) is 12.1 Å². The van der Waals surface area contributed by atoms with Crippen molar-refractivity contribution >= 4 is 5.91 Å². The Morgan fingerprint density at radius 1 is 1.50 bits per heavy atom. The van der Waals surface area contributed by atoms with Crippen LogP contribution in [0.5, 0.6) is 0 Å². The third-order valence-corrected chi connectivity index (χ3v) is 2.30. The number of benzene rings is 1. The van der Waals surface area contributed by atoms with E-state index >= 15 is 0 Å². The predicted octanol–water partition coefficient (Wildman–Crippen LogP) is 0.852. The van der Waals surface area contributed by atoms with Gasteiger partial charge in [-0.3, -0.25) is 10.1 Å². The highest BCUT2D eigenvalue weighted by Crippen LogP contribution is 2.16. The molecule has 4 heteroatoms. The topological polar surface area (TPSA) is 41.1 Å². The van der Waals surface area contributed by atoms with Crippen molar-refractivity contribution in [3.63, 3.8) is 0 Å². The lowest BCUT2D eigenvalue weighted by molar-refractivity contribution is -0.118. The fraction of sp³-hybridized carbons (Fsp3) is 0.300. The van der Waals surface area contributed by atoms with Crippen LogP contribution in [-0.4, -0.2) is 12.5 Å². The van der Waals surface area contributed by atoms with Crippen molar-refractivity contribution in [3.05, 3.63) is 35.1 Å². The van der Waals surface area contributed by atoms with Crippen molar-refractivity contribution in [3.8, 4) is 0 Å². The van der Waals surface area contributed by atoms with E-state index in [1.165, 1.54) is 6.07 Å². The molecular formula is C10H11FN2O. The quantitative estimate of drug-likeness (QED) is 0.696. The number of hydrogen-bond donors (Lipinski definition) is 2. The highest BCUT2D eigenvalue weighted by Gasteiger charge is 2.21. The third-order valence-electron chi connectivity index (χ3n) is 2.30. The summed E-state index contributed by atoms with van der Waals surface area (Å²) in [6.45, 7) is 2.00.